The summed E-state index contributed by atoms with van der Waals surface area (Å²) in [5.41, 5.74) is 7.96. The van der Waals surface area contributed by atoms with Crippen LogP contribution in [0, 0.1) is 22.0 Å². The molecule has 6 rings (SSSR count). The van der Waals surface area contributed by atoms with Gasteiger partial charge in [-0.25, -0.2) is 18.4 Å². The van der Waals surface area contributed by atoms with Gasteiger partial charge in [0.05, 0.1) is 30.8 Å². The van der Waals surface area contributed by atoms with Crippen LogP contribution < -0.4 is 5.73 Å². The molecule has 2 aromatic carbocycles. The number of para-hydroxylation sites is 1. The lowest BCUT2D eigenvalue weighted by molar-refractivity contribution is -0.385. The van der Waals surface area contributed by atoms with Crippen molar-refractivity contribution in [2.24, 2.45) is 0 Å². The summed E-state index contributed by atoms with van der Waals surface area (Å²) in [4.78, 5) is 23.1. The minimum atomic E-state index is -4.24. The van der Waals surface area contributed by atoms with Crippen molar-refractivity contribution in [3.63, 3.8) is 0 Å². The Morgan fingerprint density at radius 1 is 1.13 bits per heavy atom. The molecule has 1 aliphatic rings. The molecule has 0 amide bonds. The summed E-state index contributed by atoms with van der Waals surface area (Å²) < 4.78 is 35.0. The predicted octanol–water partition coefficient (Wildman–Crippen LogP) is 2.57. The lowest BCUT2D eigenvalue weighted by atomic mass is 10.1. The van der Waals surface area contributed by atoms with Gasteiger partial charge in [0, 0.05) is 43.0 Å². The second kappa shape index (κ2) is 11.8. The number of hydrogen-bond acceptors (Lipinski definition) is 11. The molecule has 0 saturated carbocycles. The van der Waals surface area contributed by atoms with E-state index in [2.05, 4.69) is 42.7 Å². The van der Waals surface area contributed by atoms with Gasteiger partial charge in [-0.15, -0.1) is 0 Å². The van der Waals surface area contributed by atoms with Crippen molar-refractivity contribution < 1.29 is 28.3 Å². The number of hydrogen-bond donors (Lipinski definition) is 3. The van der Waals surface area contributed by atoms with E-state index in [0.717, 1.165) is 21.3 Å². The molecule has 0 aliphatic carbocycles. The smallest absolute Gasteiger partial charge is 0.284 e. The van der Waals surface area contributed by atoms with Crippen molar-refractivity contribution in [2.75, 3.05) is 19.3 Å². The summed E-state index contributed by atoms with van der Waals surface area (Å²) in [5.74, 6) is 6.28. The summed E-state index contributed by atoms with van der Waals surface area (Å²) in [5, 5.41) is 34.6. The van der Waals surface area contributed by atoms with Crippen LogP contribution in [-0.4, -0.2) is 79.3 Å². The first-order valence-electron chi connectivity index (χ1n) is 13.4. The number of halogens is 1. The van der Waals surface area contributed by atoms with Crippen LogP contribution in [-0.2, 0) is 14.8 Å². The van der Waals surface area contributed by atoms with Crippen LogP contribution in [0.3, 0.4) is 0 Å². The van der Waals surface area contributed by atoms with Crippen LogP contribution >= 0.6 is 15.9 Å². The van der Waals surface area contributed by atoms with Gasteiger partial charge in [-0.1, -0.05) is 30.0 Å². The fourth-order valence-electron chi connectivity index (χ4n) is 5.11. The maximum absolute atomic E-state index is 13.3. The predicted molar refractivity (Wildman–Crippen MR) is 166 cm³/mol. The minimum Gasteiger partial charge on any atom is -0.387 e. The zero-order valence-corrected chi connectivity index (χ0v) is 25.8. The SMILES string of the molecule is CN(C[C@H]1O[C@@H](n2cc(C#Cc3cnc4ccccc4c3)c3c(N)ncnc32)[C@H](O)[C@@H]1O)S(=O)(=O)c1ccc(Br)c([N+](=O)[O-])c1. The summed E-state index contributed by atoms with van der Waals surface area (Å²) in [6.45, 7) is -0.376. The van der Waals surface area contributed by atoms with Gasteiger partial charge in [0.2, 0.25) is 10.0 Å². The van der Waals surface area contributed by atoms with Gasteiger partial charge in [-0.2, -0.15) is 4.31 Å². The monoisotopic (exact) mass is 693 g/mol. The molecule has 45 heavy (non-hydrogen) atoms. The quantitative estimate of drug-likeness (QED) is 0.134. The van der Waals surface area contributed by atoms with Gasteiger partial charge in [0.15, 0.2) is 6.23 Å². The maximum atomic E-state index is 13.3. The van der Waals surface area contributed by atoms with Gasteiger partial charge in [0.1, 0.15) is 36.1 Å². The largest absolute Gasteiger partial charge is 0.387 e. The van der Waals surface area contributed by atoms with Crippen molar-refractivity contribution in [3.8, 4) is 11.8 Å². The third-order valence-electron chi connectivity index (χ3n) is 7.44. The highest BCUT2D eigenvalue weighted by Crippen LogP contribution is 2.35. The number of aliphatic hydroxyl groups is 2. The molecule has 4 heterocycles. The van der Waals surface area contributed by atoms with E-state index in [1.54, 1.807) is 12.4 Å². The average Bonchev–Trinajstić information content (AvgIpc) is 3.53. The molecule has 5 aromatic rings. The first-order chi connectivity index (χ1) is 21.5. The highest BCUT2D eigenvalue weighted by molar-refractivity contribution is 9.10. The third kappa shape index (κ3) is 5.61. The Balaban J connectivity index is 1.29. The van der Waals surface area contributed by atoms with Gasteiger partial charge < -0.3 is 25.3 Å². The average molecular weight is 695 g/mol. The molecule has 0 radical (unpaired) electrons. The lowest BCUT2D eigenvalue weighted by Crippen LogP contribution is -2.40. The van der Waals surface area contributed by atoms with E-state index in [4.69, 9.17) is 10.5 Å². The second-order valence-electron chi connectivity index (χ2n) is 10.3. The zero-order valence-electron chi connectivity index (χ0n) is 23.3. The van der Waals surface area contributed by atoms with Crippen molar-refractivity contribution in [1.29, 1.82) is 0 Å². The number of benzene rings is 2. The minimum absolute atomic E-state index is 0.121. The molecule has 1 saturated heterocycles. The van der Waals surface area contributed by atoms with Gasteiger partial charge in [-0.3, -0.25) is 15.1 Å². The third-order valence-corrected chi connectivity index (χ3v) is 9.93. The molecule has 4 atom stereocenters. The number of fused-ring (bicyclic) bond motifs is 2. The summed E-state index contributed by atoms with van der Waals surface area (Å²) in [7, 11) is -2.99. The molecule has 0 spiro atoms. The number of aliphatic hydroxyl groups excluding tert-OH is 2. The Hall–Kier alpha value is -4.50. The summed E-state index contributed by atoms with van der Waals surface area (Å²) in [6, 6.07) is 12.9. The van der Waals surface area contributed by atoms with E-state index >= 15 is 0 Å². The number of pyridine rings is 1. The zero-order chi connectivity index (χ0) is 32.0. The number of rotatable bonds is 6. The fraction of sp³-hybridized carbons (Fsp3) is 0.207. The number of nitrogens with two attached hydrogens (primary N) is 1. The number of nitrogen functional groups attached to an aromatic ring is 1. The molecule has 1 fully saturated rings. The number of likely N-dealkylation sites (N-methyl/N-ethyl adjacent to an activating group) is 1. The Morgan fingerprint density at radius 2 is 1.91 bits per heavy atom. The highest BCUT2D eigenvalue weighted by atomic mass is 79.9. The molecule has 0 unspecified atom stereocenters. The van der Waals surface area contributed by atoms with Crippen molar-refractivity contribution >= 4 is 59.4 Å². The fourth-order valence-corrected chi connectivity index (χ4v) is 6.71. The van der Waals surface area contributed by atoms with Crippen LogP contribution in [0.15, 0.2) is 76.6 Å². The Bertz CT molecular complexity index is 2150. The van der Waals surface area contributed by atoms with Crippen molar-refractivity contribution in [2.45, 2.75) is 29.4 Å². The topological polar surface area (TPSA) is 200 Å². The van der Waals surface area contributed by atoms with Gasteiger partial charge in [0.25, 0.3) is 5.69 Å². The normalized spacial score (nSPS) is 20.0. The molecule has 14 nitrogen and oxygen atoms in total. The van der Waals surface area contributed by atoms with Gasteiger partial charge in [-0.05, 0) is 40.2 Å². The Morgan fingerprint density at radius 3 is 2.69 bits per heavy atom. The van der Waals surface area contributed by atoms with E-state index in [0.29, 0.717) is 16.5 Å². The number of ether oxygens (including phenoxy) is 1. The molecular weight excluding hydrogens is 670 g/mol. The van der Waals surface area contributed by atoms with E-state index in [9.17, 15) is 28.7 Å². The first kappa shape index (κ1) is 30.5. The number of aromatic nitrogens is 4. The number of nitro groups is 1. The van der Waals surface area contributed by atoms with Crippen LogP contribution in [0.2, 0.25) is 0 Å². The number of anilines is 1. The first-order valence-corrected chi connectivity index (χ1v) is 15.6. The van der Waals surface area contributed by atoms with E-state index in [1.165, 1.54) is 30.1 Å². The van der Waals surface area contributed by atoms with Crippen LogP contribution in [0.1, 0.15) is 17.4 Å². The molecule has 3 aromatic heterocycles. The number of nitrogens with zero attached hydrogens (tertiary/aromatic N) is 6. The van der Waals surface area contributed by atoms with Crippen molar-refractivity contribution in [1.82, 2.24) is 23.8 Å². The summed E-state index contributed by atoms with van der Waals surface area (Å²) in [6.07, 6.45) is -0.892. The highest BCUT2D eigenvalue weighted by Gasteiger charge is 2.45. The maximum Gasteiger partial charge on any atom is 0.284 e. The lowest BCUT2D eigenvalue weighted by Gasteiger charge is -2.22. The molecule has 0 bridgehead atoms. The van der Waals surface area contributed by atoms with E-state index < -0.39 is 45.2 Å². The van der Waals surface area contributed by atoms with Crippen molar-refractivity contribution in [3.05, 3.63) is 93.0 Å². The Labute approximate surface area is 264 Å². The number of nitro benzene ring substituents is 1. The van der Waals surface area contributed by atoms with Crippen LogP contribution in [0.5, 0.6) is 0 Å². The summed E-state index contributed by atoms with van der Waals surface area (Å²) >= 11 is 3.04. The van der Waals surface area contributed by atoms with E-state index in [1.807, 2.05) is 30.3 Å². The van der Waals surface area contributed by atoms with E-state index in [-0.39, 0.29) is 27.4 Å². The number of sulfonamides is 1. The molecular formula is C29H24BrN7O7S. The Kier molecular flexibility index (Phi) is 7.99. The molecule has 1 aliphatic heterocycles. The molecule has 4 N–H and O–H groups in total. The van der Waals surface area contributed by atoms with Crippen LogP contribution in [0.4, 0.5) is 11.5 Å². The van der Waals surface area contributed by atoms with Crippen LogP contribution in [0.25, 0.3) is 21.9 Å². The molecule has 16 heteroatoms. The standard InChI is InChI=1S/C29H24BrN7O7S/c1-35(45(42,43)19-8-9-20(30)22(11-19)37(40)41)14-23-25(38)26(39)29(44-23)36-13-18(24-27(31)33-15-34-28(24)36)7-6-16-10-17-4-2-3-5-21(17)32-12-16/h2-5,8-13,15,23,25-26,29,38-39H,14H2,1H3,(H2,31,33,34)/t23-,25-,26-,29-/m1/s1. The van der Waals surface area contributed by atoms with Gasteiger partial charge >= 0.3 is 0 Å². The molecule has 230 valence electrons. The second-order valence-corrected chi connectivity index (χ2v) is 13.2.